The molecule has 1 N–H and O–H groups in total. The molecule has 0 aliphatic carbocycles. The van der Waals surface area contributed by atoms with E-state index in [1.807, 2.05) is 0 Å². The van der Waals surface area contributed by atoms with Crippen LogP contribution in [0.3, 0.4) is 0 Å². The molecule has 1 atom stereocenters. The molecule has 0 radical (unpaired) electrons. The van der Waals surface area contributed by atoms with E-state index in [0.29, 0.717) is 25.1 Å². The van der Waals surface area contributed by atoms with Crippen molar-refractivity contribution in [1.29, 1.82) is 0 Å². The van der Waals surface area contributed by atoms with Crippen LogP contribution >= 0.6 is 23.2 Å². The van der Waals surface area contributed by atoms with Gasteiger partial charge in [0, 0.05) is 13.1 Å². The minimum absolute atomic E-state index is 0.0962. The second-order valence-electron chi connectivity index (χ2n) is 3.67. The highest BCUT2D eigenvalue weighted by molar-refractivity contribution is 6.34. The molecule has 0 saturated carbocycles. The van der Waals surface area contributed by atoms with Crippen LogP contribution in [-0.2, 0) is 0 Å². The first kappa shape index (κ1) is 11.6. The molecule has 1 aromatic rings. The van der Waals surface area contributed by atoms with Crippen LogP contribution in [0, 0.1) is 0 Å². The molecule has 1 saturated heterocycles. The van der Waals surface area contributed by atoms with E-state index in [9.17, 15) is 9.90 Å². The van der Waals surface area contributed by atoms with Crippen LogP contribution in [0.1, 0.15) is 16.8 Å². The summed E-state index contributed by atoms with van der Waals surface area (Å²) in [4.78, 5) is 17.3. The number of aromatic nitrogens is 1. The molecule has 1 fully saturated rings. The van der Waals surface area contributed by atoms with Gasteiger partial charge in [0.25, 0.3) is 5.91 Å². The number of carbonyl (C=O) groups is 1. The smallest absolute Gasteiger partial charge is 0.257 e. The fraction of sp³-hybridized carbons (Fsp3) is 0.400. The van der Waals surface area contributed by atoms with E-state index in [0.717, 1.165) is 0 Å². The molecule has 0 aromatic carbocycles. The summed E-state index contributed by atoms with van der Waals surface area (Å²) in [6, 6.07) is 3.07. The van der Waals surface area contributed by atoms with Crippen LogP contribution in [0.4, 0.5) is 0 Å². The second-order valence-corrected chi connectivity index (χ2v) is 4.41. The topological polar surface area (TPSA) is 53.4 Å². The Morgan fingerprint density at radius 2 is 2.25 bits per heavy atom. The molecule has 1 aliphatic rings. The van der Waals surface area contributed by atoms with E-state index in [4.69, 9.17) is 23.2 Å². The zero-order valence-corrected chi connectivity index (χ0v) is 9.87. The fourth-order valence-electron chi connectivity index (χ4n) is 1.67. The van der Waals surface area contributed by atoms with Crippen LogP contribution in [-0.4, -0.2) is 40.1 Å². The Kier molecular flexibility index (Phi) is 3.33. The molecule has 1 amide bonds. The molecule has 4 nitrogen and oxygen atoms in total. The quantitative estimate of drug-likeness (QED) is 0.781. The van der Waals surface area contributed by atoms with Crippen LogP contribution in [0.15, 0.2) is 12.1 Å². The largest absolute Gasteiger partial charge is 0.391 e. The standard InChI is InChI=1S/C10H10Cl2N2O2/c11-8-2-1-7(9(12)13-8)10(16)14-4-3-6(15)5-14/h1-2,6,15H,3-5H2/t6-/m0/s1. The third-order valence-corrected chi connectivity index (χ3v) is 2.99. The summed E-state index contributed by atoms with van der Waals surface area (Å²) < 4.78 is 0. The van der Waals surface area contributed by atoms with Gasteiger partial charge in [-0.05, 0) is 18.6 Å². The van der Waals surface area contributed by atoms with Crippen LogP contribution in [0.5, 0.6) is 0 Å². The van der Waals surface area contributed by atoms with Gasteiger partial charge in [-0.15, -0.1) is 0 Å². The first-order valence-corrected chi connectivity index (χ1v) is 5.63. The summed E-state index contributed by atoms with van der Waals surface area (Å²) in [5, 5.41) is 9.69. The fourth-order valence-corrected chi connectivity index (χ4v) is 2.09. The SMILES string of the molecule is O=C(c1ccc(Cl)nc1Cl)N1CC[C@H](O)C1. The van der Waals surface area contributed by atoms with Crippen LogP contribution in [0.25, 0.3) is 0 Å². The normalized spacial score (nSPS) is 20.2. The van der Waals surface area contributed by atoms with Crippen molar-refractivity contribution < 1.29 is 9.90 Å². The van der Waals surface area contributed by atoms with Crippen molar-refractivity contribution in [3.05, 3.63) is 28.0 Å². The van der Waals surface area contributed by atoms with Crippen molar-refractivity contribution in [2.75, 3.05) is 13.1 Å². The third-order valence-electron chi connectivity index (χ3n) is 2.50. The Bertz CT molecular complexity index is 425. The first-order chi connectivity index (χ1) is 7.58. The highest BCUT2D eigenvalue weighted by atomic mass is 35.5. The predicted octanol–water partition coefficient (Wildman–Crippen LogP) is 1.60. The number of aliphatic hydroxyl groups is 1. The summed E-state index contributed by atoms with van der Waals surface area (Å²) in [5.74, 6) is -0.217. The van der Waals surface area contributed by atoms with Gasteiger partial charge in [-0.3, -0.25) is 4.79 Å². The summed E-state index contributed by atoms with van der Waals surface area (Å²) in [6.45, 7) is 0.886. The Hall–Kier alpha value is -0.840. The summed E-state index contributed by atoms with van der Waals surface area (Å²) in [5.41, 5.74) is 0.320. The number of halogens is 2. The lowest BCUT2D eigenvalue weighted by Gasteiger charge is -2.15. The van der Waals surface area contributed by atoms with E-state index in [-0.39, 0.29) is 16.2 Å². The van der Waals surface area contributed by atoms with Gasteiger partial charge in [-0.25, -0.2) is 4.98 Å². The van der Waals surface area contributed by atoms with Gasteiger partial charge < -0.3 is 10.0 Å². The second kappa shape index (κ2) is 4.57. The number of β-amino-alcohol motifs (C(OH)–C–C–N with tert-alkyl or cyclic N) is 1. The summed E-state index contributed by atoms with van der Waals surface area (Å²) >= 11 is 11.5. The molecule has 0 bridgehead atoms. The van der Waals surface area contributed by atoms with Gasteiger partial charge in [0.15, 0.2) is 0 Å². The average Bonchev–Trinajstić information content (AvgIpc) is 2.64. The Labute approximate surface area is 103 Å². The molecule has 86 valence electrons. The molecular weight excluding hydrogens is 251 g/mol. The maximum absolute atomic E-state index is 12.0. The highest BCUT2D eigenvalue weighted by Crippen LogP contribution is 2.20. The van der Waals surface area contributed by atoms with E-state index in [2.05, 4.69) is 4.98 Å². The Morgan fingerprint density at radius 1 is 1.50 bits per heavy atom. The number of hydrogen-bond acceptors (Lipinski definition) is 3. The van der Waals surface area contributed by atoms with Crippen molar-refractivity contribution in [1.82, 2.24) is 9.88 Å². The monoisotopic (exact) mass is 260 g/mol. The van der Waals surface area contributed by atoms with E-state index < -0.39 is 6.10 Å². The Balaban J connectivity index is 2.21. The average molecular weight is 261 g/mol. The number of nitrogens with zero attached hydrogens (tertiary/aromatic N) is 2. The number of pyridine rings is 1. The minimum atomic E-state index is -0.442. The zero-order chi connectivity index (χ0) is 11.7. The molecule has 2 heterocycles. The molecule has 1 aromatic heterocycles. The maximum Gasteiger partial charge on any atom is 0.257 e. The van der Waals surface area contributed by atoms with Gasteiger partial charge in [0.2, 0.25) is 0 Å². The van der Waals surface area contributed by atoms with E-state index in [1.165, 1.54) is 6.07 Å². The lowest BCUT2D eigenvalue weighted by Crippen LogP contribution is -2.29. The van der Waals surface area contributed by atoms with Crippen molar-refractivity contribution in [3.63, 3.8) is 0 Å². The Morgan fingerprint density at radius 3 is 2.81 bits per heavy atom. The predicted molar refractivity (Wildman–Crippen MR) is 60.8 cm³/mol. The molecule has 6 heteroatoms. The van der Waals surface area contributed by atoms with Crippen LogP contribution < -0.4 is 0 Å². The molecule has 16 heavy (non-hydrogen) atoms. The van der Waals surface area contributed by atoms with Crippen molar-refractivity contribution >= 4 is 29.1 Å². The molecule has 0 spiro atoms. The molecular formula is C10H10Cl2N2O2. The molecule has 0 unspecified atom stereocenters. The summed E-state index contributed by atoms with van der Waals surface area (Å²) in [6.07, 6.45) is 0.160. The van der Waals surface area contributed by atoms with Crippen molar-refractivity contribution in [2.24, 2.45) is 0 Å². The first-order valence-electron chi connectivity index (χ1n) is 4.87. The van der Waals surface area contributed by atoms with Gasteiger partial charge in [0.05, 0.1) is 11.7 Å². The van der Waals surface area contributed by atoms with Gasteiger partial charge >= 0.3 is 0 Å². The van der Waals surface area contributed by atoms with Crippen LogP contribution in [0.2, 0.25) is 10.3 Å². The van der Waals surface area contributed by atoms with Crippen molar-refractivity contribution in [2.45, 2.75) is 12.5 Å². The molecule has 2 rings (SSSR count). The number of rotatable bonds is 1. The number of likely N-dealkylation sites (tertiary alicyclic amines) is 1. The lowest BCUT2D eigenvalue weighted by molar-refractivity contribution is 0.0765. The molecule has 1 aliphatic heterocycles. The van der Waals surface area contributed by atoms with E-state index in [1.54, 1.807) is 11.0 Å². The van der Waals surface area contributed by atoms with Crippen molar-refractivity contribution in [3.8, 4) is 0 Å². The zero-order valence-electron chi connectivity index (χ0n) is 8.36. The van der Waals surface area contributed by atoms with Gasteiger partial charge in [-0.1, -0.05) is 23.2 Å². The maximum atomic E-state index is 12.0. The third kappa shape index (κ3) is 2.29. The minimum Gasteiger partial charge on any atom is -0.391 e. The lowest BCUT2D eigenvalue weighted by atomic mass is 10.2. The number of amides is 1. The van der Waals surface area contributed by atoms with Gasteiger partial charge in [-0.2, -0.15) is 0 Å². The van der Waals surface area contributed by atoms with Gasteiger partial charge in [0.1, 0.15) is 10.3 Å². The summed E-state index contributed by atoms with van der Waals surface area (Å²) in [7, 11) is 0. The number of aliphatic hydroxyl groups excluding tert-OH is 1. The van der Waals surface area contributed by atoms with E-state index >= 15 is 0 Å². The number of carbonyl (C=O) groups excluding carboxylic acids is 1. The highest BCUT2D eigenvalue weighted by Gasteiger charge is 2.26. The number of hydrogen-bond donors (Lipinski definition) is 1.